The molecule has 0 unspecified atom stereocenters. The molecular formula is C9H18N2O3S. The fourth-order valence-corrected chi connectivity index (χ4v) is 1.59. The summed E-state index contributed by atoms with van der Waals surface area (Å²) in [4.78, 5) is 21.6. The minimum Gasteiger partial charge on any atom is -0.394 e. The van der Waals surface area contributed by atoms with E-state index < -0.39 is 0 Å². The molecule has 0 bridgehead atoms. The highest BCUT2D eigenvalue weighted by atomic mass is 32.2. The van der Waals surface area contributed by atoms with Crippen molar-refractivity contribution < 1.29 is 14.7 Å². The van der Waals surface area contributed by atoms with Crippen LogP contribution in [0, 0.1) is 0 Å². The van der Waals surface area contributed by atoms with Gasteiger partial charge in [0.25, 0.3) is 0 Å². The highest BCUT2D eigenvalue weighted by Crippen LogP contribution is 2.01. The maximum atomic E-state index is 11.3. The van der Waals surface area contributed by atoms with Crippen LogP contribution in [-0.2, 0) is 9.59 Å². The number of rotatable bonds is 8. The fourth-order valence-electron chi connectivity index (χ4n) is 0.914. The van der Waals surface area contributed by atoms with E-state index in [1.165, 1.54) is 11.8 Å². The molecule has 1 atom stereocenters. The van der Waals surface area contributed by atoms with Crippen molar-refractivity contribution in [2.24, 2.45) is 5.73 Å². The first kappa shape index (κ1) is 14.2. The Labute approximate surface area is 93.8 Å². The molecule has 0 saturated heterocycles. The van der Waals surface area contributed by atoms with Gasteiger partial charge in [-0.05, 0) is 6.42 Å². The van der Waals surface area contributed by atoms with E-state index in [2.05, 4.69) is 5.32 Å². The Morgan fingerprint density at radius 1 is 1.53 bits per heavy atom. The standard InChI is InChI=1S/C9H18N2O3S/c1-2-7(5-12)11-9(14)3-4-15-6-8(10)13/h7,12H,2-6H2,1H3,(H2,10,13)(H,11,14)/t7-/m0/s1. The molecule has 0 aliphatic carbocycles. The number of hydrogen-bond donors (Lipinski definition) is 3. The summed E-state index contributed by atoms with van der Waals surface area (Å²) in [6.45, 7) is 1.85. The number of carbonyl (C=O) groups is 2. The van der Waals surface area contributed by atoms with Gasteiger partial charge in [0.1, 0.15) is 0 Å². The Hall–Kier alpha value is -0.750. The van der Waals surface area contributed by atoms with Crippen LogP contribution < -0.4 is 11.1 Å². The lowest BCUT2D eigenvalue weighted by Crippen LogP contribution is -2.37. The Balaban J connectivity index is 3.52. The van der Waals surface area contributed by atoms with E-state index >= 15 is 0 Å². The zero-order valence-electron chi connectivity index (χ0n) is 8.86. The molecule has 0 fully saturated rings. The van der Waals surface area contributed by atoms with Gasteiger partial charge in [-0.3, -0.25) is 9.59 Å². The first-order valence-electron chi connectivity index (χ1n) is 4.86. The lowest BCUT2D eigenvalue weighted by molar-refractivity contribution is -0.121. The molecule has 0 aromatic heterocycles. The van der Waals surface area contributed by atoms with Crippen molar-refractivity contribution in [3.63, 3.8) is 0 Å². The van der Waals surface area contributed by atoms with E-state index in [4.69, 9.17) is 10.8 Å². The number of nitrogens with two attached hydrogens (primary N) is 1. The number of aliphatic hydroxyl groups is 1. The smallest absolute Gasteiger partial charge is 0.227 e. The quantitative estimate of drug-likeness (QED) is 0.493. The Bertz CT molecular complexity index is 208. The van der Waals surface area contributed by atoms with Crippen LogP contribution in [0.15, 0.2) is 0 Å². The Kier molecular flexibility index (Phi) is 8.12. The van der Waals surface area contributed by atoms with Crippen LogP contribution in [0.1, 0.15) is 19.8 Å². The number of nitrogens with one attached hydrogen (secondary N) is 1. The molecule has 2 amide bonds. The summed E-state index contributed by atoms with van der Waals surface area (Å²) in [6.07, 6.45) is 1.05. The number of carbonyl (C=O) groups excluding carboxylic acids is 2. The first-order valence-corrected chi connectivity index (χ1v) is 6.01. The molecule has 0 aromatic carbocycles. The summed E-state index contributed by atoms with van der Waals surface area (Å²) in [5.41, 5.74) is 4.94. The number of primary amides is 1. The van der Waals surface area contributed by atoms with Gasteiger partial charge in [-0.15, -0.1) is 0 Å². The molecule has 0 aliphatic heterocycles. The monoisotopic (exact) mass is 234 g/mol. The van der Waals surface area contributed by atoms with Crippen LogP contribution in [0.5, 0.6) is 0 Å². The molecule has 88 valence electrons. The van der Waals surface area contributed by atoms with Gasteiger partial charge in [0.05, 0.1) is 18.4 Å². The summed E-state index contributed by atoms with van der Waals surface area (Å²) in [5.74, 6) is 0.330. The minimum absolute atomic E-state index is 0.0450. The fraction of sp³-hybridized carbons (Fsp3) is 0.778. The Morgan fingerprint density at radius 3 is 2.67 bits per heavy atom. The second kappa shape index (κ2) is 8.55. The summed E-state index contributed by atoms with van der Waals surface area (Å²) in [5, 5.41) is 11.5. The molecular weight excluding hydrogens is 216 g/mol. The van der Waals surface area contributed by atoms with Crippen molar-refractivity contribution in [3.05, 3.63) is 0 Å². The summed E-state index contributed by atoms with van der Waals surface area (Å²) in [6, 6.07) is -0.168. The zero-order chi connectivity index (χ0) is 11.7. The third kappa shape index (κ3) is 8.26. The van der Waals surface area contributed by atoms with Crippen LogP contribution in [0.2, 0.25) is 0 Å². The molecule has 6 heteroatoms. The number of aliphatic hydroxyl groups excluding tert-OH is 1. The Morgan fingerprint density at radius 2 is 2.20 bits per heavy atom. The molecule has 4 N–H and O–H groups in total. The van der Waals surface area contributed by atoms with Crippen molar-refractivity contribution in [2.75, 3.05) is 18.1 Å². The van der Waals surface area contributed by atoms with Gasteiger partial charge in [0, 0.05) is 12.2 Å². The normalized spacial score (nSPS) is 12.1. The van der Waals surface area contributed by atoms with Gasteiger partial charge >= 0.3 is 0 Å². The van der Waals surface area contributed by atoms with E-state index in [0.717, 1.165) is 0 Å². The SMILES string of the molecule is CC[C@@H](CO)NC(=O)CCSCC(N)=O. The highest BCUT2D eigenvalue weighted by molar-refractivity contribution is 7.99. The minimum atomic E-state index is -0.373. The molecule has 0 radical (unpaired) electrons. The van der Waals surface area contributed by atoms with Gasteiger partial charge in [0.15, 0.2) is 0 Å². The molecule has 15 heavy (non-hydrogen) atoms. The third-order valence-corrected chi connectivity index (χ3v) is 2.78. The average Bonchev–Trinajstić information content (AvgIpc) is 2.20. The van der Waals surface area contributed by atoms with Crippen molar-refractivity contribution in [3.8, 4) is 0 Å². The molecule has 5 nitrogen and oxygen atoms in total. The van der Waals surface area contributed by atoms with Crippen molar-refractivity contribution in [2.45, 2.75) is 25.8 Å². The van der Waals surface area contributed by atoms with E-state index in [0.29, 0.717) is 18.6 Å². The van der Waals surface area contributed by atoms with Crippen molar-refractivity contribution >= 4 is 23.6 Å². The predicted molar refractivity (Wildman–Crippen MR) is 60.4 cm³/mol. The summed E-state index contributed by atoms with van der Waals surface area (Å²) >= 11 is 1.33. The van der Waals surface area contributed by atoms with Crippen molar-refractivity contribution in [1.29, 1.82) is 0 Å². The molecule has 0 spiro atoms. The molecule has 0 aliphatic rings. The van der Waals surface area contributed by atoms with E-state index in [9.17, 15) is 9.59 Å². The molecule has 0 rings (SSSR count). The maximum Gasteiger partial charge on any atom is 0.227 e. The van der Waals surface area contributed by atoms with Crippen LogP contribution in [0.3, 0.4) is 0 Å². The van der Waals surface area contributed by atoms with Crippen LogP contribution in [-0.4, -0.2) is 41.1 Å². The number of thioether (sulfide) groups is 1. The van der Waals surface area contributed by atoms with Crippen LogP contribution in [0.25, 0.3) is 0 Å². The van der Waals surface area contributed by atoms with E-state index in [1.807, 2.05) is 6.92 Å². The topological polar surface area (TPSA) is 92.4 Å². The lowest BCUT2D eigenvalue weighted by Gasteiger charge is -2.13. The van der Waals surface area contributed by atoms with E-state index in [-0.39, 0.29) is 30.2 Å². The summed E-state index contributed by atoms with van der Waals surface area (Å²) in [7, 11) is 0. The van der Waals surface area contributed by atoms with Gasteiger partial charge in [0.2, 0.25) is 11.8 Å². The van der Waals surface area contributed by atoms with Gasteiger partial charge in [-0.1, -0.05) is 6.92 Å². The van der Waals surface area contributed by atoms with Crippen molar-refractivity contribution in [1.82, 2.24) is 5.32 Å². The maximum absolute atomic E-state index is 11.3. The molecule has 0 heterocycles. The highest BCUT2D eigenvalue weighted by Gasteiger charge is 2.08. The van der Waals surface area contributed by atoms with E-state index in [1.54, 1.807) is 0 Å². The van der Waals surface area contributed by atoms with Crippen LogP contribution in [0.4, 0.5) is 0 Å². The second-order valence-corrected chi connectivity index (χ2v) is 4.23. The first-order chi connectivity index (χ1) is 7.10. The second-order valence-electron chi connectivity index (χ2n) is 3.12. The van der Waals surface area contributed by atoms with Gasteiger partial charge in [-0.25, -0.2) is 0 Å². The van der Waals surface area contributed by atoms with Crippen LogP contribution >= 0.6 is 11.8 Å². The molecule has 0 saturated carbocycles. The van der Waals surface area contributed by atoms with Gasteiger partial charge < -0.3 is 16.2 Å². The number of amides is 2. The third-order valence-electron chi connectivity index (χ3n) is 1.80. The largest absolute Gasteiger partial charge is 0.394 e. The zero-order valence-corrected chi connectivity index (χ0v) is 9.68. The lowest BCUT2D eigenvalue weighted by atomic mass is 10.2. The predicted octanol–water partition coefficient (Wildman–Crippen LogP) is -0.518. The summed E-state index contributed by atoms with van der Waals surface area (Å²) < 4.78 is 0. The number of hydrogen-bond acceptors (Lipinski definition) is 4. The average molecular weight is 234 g/mol. The van der Waals surface area contributed by atoms with Gasteiger partial charge in [-0.2, -0.15) is 11.8 Å². The molecule has 0 aromatic rings.